The molecule has 0 aromatic heterocycles. The van der Waals surface area contributed by atoms with Gasteiger partial charge in [-0.3, -0.25) is 28.8 Å². The van der Waals surface area contributed by atoms with Crippen LogP contribution in [0.3, 0.4) is 0 Å². The molecule has 6 N–H and O–H groups in total. The van der Waals surface area contributed by atoms with E-state index in [1.807, 2.05) is 0 Å². The molecule has 3 aliphatic carbocycles. The first-order valence-electron chi connectivity index (χ1n) is 26.3. The Kier molecular flexibility index (Phi) is 18.2. The quantitative estimate of drug-likeness (QED) is 0.0402. The average Bonchev–Trinajstić information content (AvgIpc) is 3.50. The lowest BCUT2D eigenvalue weighted by Gasteiger charge is -2.67. The highest BCUT2D eigenvalue weighted by Crippen LogP contribution is 2.65. The van der Waals surface area contributed by atoms with Crippen molar-refractivity contribution in [3.05, 3.63) is 119 Å². The first-order valence-corrected chi connectivity index (χ1v) is 26.3. The van der Waals surface area contributed by atoms with Crippen molar-refractivity contribution in [1.82, 2.24) is 10.6 Å². The summed E-state index contributed by atoms with van der Waals surface area (Å²) in [5, 5.41) is 31.6. The van der Waals surface area contributed by atoms with Gasteiger partial charge in [0.1, 0.15) is 30.0 Å². The number of nitrogens with one attached hydrogen (secondary N) is 2. The molecule has 0 radical (unpaired) electrons. The summed E-state index contributed by atoms with van der Waals surface area (Å²) in [6.45, 7) is 8.90. The van der Waals surface area contributed by atoms with Crippen LogP contribution in [0.4, 0.5) is 0 Å². The Bertz CT molecular complexity index is 2700. The first kappa shape index (κ1) is 57.9. The number of unbranched alkanes of at least 4 members (excludes halogenated alkanes) is 3. The molecule has 19 nitrogen and oxygen atoms in total. The van der Waals surface area contributed by atoms with Gasteiger partial charge >= 0.3 is 29.8 Å². The van der Waals surface area contributed by atoms with E-state index in [1.165, 1.54) is 26.0 Å². The van der Waals surface area contributed by atoms with Gasteiger partial charge in [0.05, 0.1) is 29.5 Å². The molecule has 11 atom stereocenters. The number of aliphatic hydroxyl groups is 2. The fraction of sp³-hybridized carbons (Fsp3) is 0.517. The summed E-state index contributed by atoms with van der Waals surface area (Å²) < 4.78 is 37.4. The molecule has 2 saturated carbocycles. The van der Waals surface area contributed by atoms with E-state index >= 15 is 4.79 Å². The summed E-state index contributed by atoms with van der Waals surface area (Å²) in [4.78, 5) is 113. The maximum absolute atomic E-state index is 16.3. The van der Waals surface area contributed by atoms with Crippen LogP contribution in [-0.2, 0) is 57.2 Å². The van der Waals surface area contributed by atoms with Crippen molar-refractivity contribution in [2.45, 2.75) is 153 Å². The zero-order valence-corrected chi connectivity index (χ0v) is 44.5. The standard InChI is InChI=1S/C58H71N3O16/c1-34-40(74-54(70)47(66)46(37-21-12-9-13-22-37)61-52(68)38-23-14-10-15-24-38)32-58(71)51(76-53(69)39-25-16-11-17-26-39)49-56(6,50(67)48(73-35(2)62)45(34)55(58,4)5)41(31-42-57(49,33-72-42)77-36(3)63)75-44(65)28-20-27-43(64)60-30-19-8-7-18-29-59/h9-17,21-26,40-42,46-49,51,66,71H,7-8,18-20,27-33,59H2,1-6H3,(H,60,64)(H,61,68)/t40?,41-,42+,46?,47?,48+,49?,51?,56+,57-,58+/m0/s1. The first-order chi connectivity index (χ1) is 36.6. The molecule has 1 aliphatic heterocycles. The Morgan fingerprint density at radius 3 is 2.00 bits per heavy atom. The van der Waals surface area contributed by atoms with Crippen molar-refractivity contribution < 1.29 is 77.0 Å². The van der Waals surface area contributed by atoms with Crippen LogP contribution in [0.5, 0.6) is 0 Å². The van der Waals surface area contributed by atoms with Crippen molar-refractivity contribution in [2.24, 2.45) is 22.5 Å². The Morgan fingerprint density at radius 2 is 1.40 bits per heavy atom. The number of benzene rings is 3. The molecule has 77 heavy (non-hydrogen) atoms. The number of ether oxygens (including phenoxy) is 6. The molecular weight excluding hydrogens is 995 g/mol. The smallest absolute Gasteiger partial charge is 0.338 e. The predicted octanol–water partition coefficient (Wildman–Crippen LogP) is 5.09. The van der Waals surface area contributed by atoms with Crippen molar-refractivity contribution in [1.29, 1.82) is 0 Å². The highest BCUT2D eigenvalue weighted by molar-refractivity contribution is 5.96. The lowest BCUT2D eigenvalue weighted by Crippen LogP contribution is -2.82. The monoisotopic (exact) mass is 1070 g/mol. The Morgan fingerprint density at radius 1 is 0.779 bits per heavy atom. The summed E-state index contributed by atoms with van der Waals surface area (Å²) in [6, 6.07) is 22.7. The van der Waals surface area contributed by atoms with Gasteiger partial charge in [0.15, 0.2) is 23.6 Å². The van der Waals surface area contributed by atoms with Gasteiger partial charge in [-0.2, -0.15) is 0 Å². The number of esters is 5. The van der Waals surface area contributed by atoms with Gasteiger partial charge in [0.2, 0.25) is 5.91 Å². The fourth-order valence-electron chi connectivity index (χ4n) is 11.9. The van der Waals surface area contributed by atoms with Gasteiger partial charge < -0.3 is 55.0 Å². The minimum Gasteiger partial charge on any atom is -0.461 e. The summed E-state index contributed by atoms with van der Waals surface area (Å²) in [6.07, 6.45) is -7.70. The Balaban J connectivity index is 1.33. The molecule has 19 heteroatoms. The lowest BCUT2D eigenvalue weighted by molar-refractivity contribution is -0.346. The van der Waals surface area contributed by atoms with Crippen molar-refractivity contribution >= 4 is 47.4 Å². The topological polar surface area (TPSA) is 282 Å². The number of carbonyl (C=O) groups is 8. The zero-order chi connectivity index (χ0) is 55.9. The third-order valence-electron chi connectivity index (χ3n) is 16.0. The summed E-state index contributed by atoms with van der Waals surface area (Å²) >= 11 is 0. The summed E-state index contributed by atoms with van der Waals surface area (Å²) in [5.41, 5.74) is -2.06. The minimum atomic E-state index is -2.50. The Labute approximate surface area is 447 Å². The van der Waals surface area contributed by atoms with E-state index in [0.29, 0.717) is 18.7 Å². The minimum absolute atomic E-state index is 0.0116. The van der Waals surface area contributed by atoms with Gasteiger partial charge in [-0.15, -0.1) is 0 Å². The molecule has 4 aliphatic rings. The van der Waals surface area contributed by atoms with Crippen LogP contribution in [0.25, 0.3) is 0 Å². The number of aliphatic hydroxyl groups excluding tert-OH is 1. The SMILES string of the molecule is CC(=O)O[C@H]1C(=O)[C@@]2(C)C(C(OC(=O)c3ccccc3)[C@]3(O)CC(OC(=O)C(O)C(NC(=O)c4ccccc4)c4ccccc4)C(C)=C1C3(C)C)[C@]1(OC(C)=O)CO[C@@H]1C[C@@H]2OC(=O)CCCC(=O)NCCCCCCN. The molecule has 1 saturated heterocycles. The second-order valence-corrected chi connectivity index (χ2v) is 21.2. The largest absolute Gasteiger partial charge is 0.461 e. The fourth-order valence-corrected chi connectivity index (χ4v) is 11.9. The second-order valence-electron chi connectivity index (χ2n) is 21.2. The van der Waals surface area contributed by atoms with Gasteiger partial charge in [0.25, 0.3) is 5.91 Å². The van der Waals surface area contributed by atoms with E-state index in [4.69, 9.17) is 34.2 Å². The molecule has 414 valence electrons. The van der Waals surface area contributed by atoms with E-state index in [-0.39, 0.29) is 60.5 Å². The Hall–Kier alpha value is -6.80. The van der Waals surface area contributed by atoms with E-state index in [1.54, 1.807) is 92.7 Å². The van der Waals surface area contributed by atoms with Gasteiger partial charge in [-0.25, -0.2) is 9.59 Å². The van der Waals surface area contributed by atoms with Gasteiger partial charge in [-0.1, -0.05) is 93.4 Å². The predicted molar refractivity (Wildman–Crippen MR) is 276 cm³/mol. The second kappa shape index (κ2) is 24.3. The molecule has 1 heterocycles. The number of ketones is 1. The van der Waals surface area contributed by atoms with Crippen LogP contribution in [-0.4, -0.2) is 125 Å². The van der Waals surface area contributed by atoms with E-state index in [0.717, 1.165) is 39.5 Å². The van der Waals surface area contributed by atoms with Crippen LogP contribution in [0.15, 0.2) is 102 Å². The van der Waals surface area contributed by atoms with Crippen LogP contribution < -0.4 is 16.4 Å². The molecule has 2 amide bonds. The van der Waals surface area contributed by atoms with E-state index in [2.05, 4.69) is 10.6 Å². The van der Waals surface area contributed by atoms with E-state index in [9.17, 15) is 43.8 Å². The van der Waals surface area contributed by atoms with Crippen LogP contribution in [0.1, 0.15) is 132 Å². The number of rotatable bonds is 21. The molecule has 0 spiro atoms. The van der Waals surface area contributed by atoms with Crippen LogP contribution in [0.2, 0.25) is 0 Å². The van der Waals surface area contributed by atoms with E-state index < -0.39 is 119 Å². The summed E-state index contributed by atoms with van der Waals surface area (Å²) in [7, 11) is 0. The molecule has 7 rings (SSSR count). The van der Waals surface area contributed by atoms with Crippen LogP contribution >= 0.6 is 0 Å². The summed E-state index contributed by atoms with van der Waals surface area (Å²) in [5.74, 6) is -8.28. The zero-order valence-electron chi connectivity index (χ0n) is 44.5. The number of carbonyl (C=O) groups excluding carboxylic acids is 8. The molecule has 3 aromatic carbocycles. The maximum atomic E-state index is 16.3. The number of hydrogen-bond donors (Lipinski definition) is 5. The lowest BCUT2D eigenvalue weighted by atomic mass is 9.44. The molecule has 3 aromatic rings. The van der Waals surface area contributed by atoms with Crippen LogP contribution in [0, 0.1) is 16.7 Å². The molecule has 5 unspecified atom stereocenters. The third kappa shape index (κ3) is 11.9. The maximum Gasteiger partial charge on any atom is 0.338 e. The number of nitrogens with two attached hydrogens (primary N) is 1. The van der Waals surface area contributed by atoms with Gasteiger partial charge in [-0.05, 0) is 80.6 Å². The average molecular weight is 1070 g/mol. The van der Waals surface area contributed by atoms with Crippen molar-refractivity contribution in [2.75, 3.05) is 19.7 Å². The van der Waals surface area contributed by atoms with Crippen molar-refractivity contribution in [3.63, 3.8) is 0 Å². The number of hydrogen-bond acceptors (Lipinski definition) is 17. The van der Waals surface area contributed by atoms with Gasteiger partial charge in [0, 0.05) is 57.1 Å². The third-order valence-corrected chi connectivity index (χ3v) is 16.0. The molecule has 2 bridgehead atoms. The highest BCUT2D eigenvalue weighted by atomic mass is 16.6. The normalized spacial score (nSPS) is 27.8. The highest BCUT2D eigenvalue weighted by Gasteiger charge is 2.79. The number of amides is 2. The number of fused-ring (bicyclic) bond motifs is 5. The molecular formula is C58H71N3O16. The number of Topliss-reactive ketones (excluding diaryl/α,β-unsaturated/α-hetero) is 1. The molecule has 3 fully saturated rings. The van der Waals surface area contributed by atoms with Crippen molar-refractivity contribution in [3.8, 4) is 0 Å².